The van der Waals surface area contributed by atoms with Gasteiger partial charge in [-0.2, -0.15) is 0 Å². The lowest BCUT2D eigenvalue weighted by molar-refractivity contribution is 0.116. The molecule has 17 heavy (non-hydrogen) atoms. The van der Waals surface area contributed by atoms with Crippen LogP contribution in [0.15, 0.2) is 39.9 Å². The fraction of sp³-hybridized carbons (Fsp3) is 0.167. The van der Waals surface area contributed by atoms with E-state index in [1.54, 1.807) is 0 Å². The Bertz CT molecular complexity index is 585. The molecule has 0 aliphatic carbocycles. The Balaban J connectivity index is 2.01. The van der Waals surface area contributed by atoms with Crippen molar-refractivity contribution < 1.29 is 4.84 Å². The van der Waals surface area contributed by atoms with Gasteiger partial charge < -0.3 is 5.73 Å². The number of nitrogen functional groups attached to an aromatic ring is 1. The van der Waals surface area contributed by atoms with Gasteiger partial charge in [-0.15, -0.1) is 0 Å². The van der Waals surface area contributed by atoms with Gasteiger partial charge in [0.25, 0.3) is 10.9 Å². The molecule has 0 aliphatic heterocycles. The summed E-state index contributed by atoms with van der Waals surface area (Å²) in [6.07, 6.45) is -0.250. The molecule has 0 aromatic heterocycles. The van der Waals surface area contributed by atoms with Crippen molar-refractivity contribution in [2.45, 2.75) is 13.0 Å². The molecule has 0 saturated carbocycles. The lowest BCUT2D eigenvalue weighted by Gasteiger charge is -2.15. The third-order valence-electron chi connectivity index (χ3n) is 2.55. The Kier molecular flexibility index (Phi) is 2.93. The van der Waals surface area contributed by atoms with Crippen LogP contribution in [0.25, 0.3) is 0 Å². The van der Waals surface area contributed by atoms with E-state index in [0.29, 0.717) is 0 Å². The summed E-state index contributed by atoms with van der Waals surface area (Å²) < 4.78 is 0. The van der Waals surface area contributed by atoms with Crippen LogP contribution in [0.5, 0.6) is 0 Å². The summed E-state index contributed by atoms with van der Waals surface area (Å²) in [6.45, 7) is 1.82. The van der Waals surface area contributed by atoms with E-state index in [-0.39, 0.29) is 17.5 Å². The summed E-state index contributed by atoms with van der Waals surface area (Å²) in [5, 5.41) is 0. The largest absolute Gasteiger partial charge is 0.394 e. The van der Waals surface area contributed by atoms with Gasteiger partial charge in [-0.25, -0.2) is 0 Å². The predicted molar refractivity (Wildman–Crippen MR) is 65.3 cm³/mol. The van der Waals surface area contributed by atoms with Crippen LogP contribution in [-0.2, 0) is 4.84 Å². The van der Waals surface area contributed by atoms with Gasteiger partial charge in [0.05, 0.1) is 0 Å². The van der Waals surface area contributed by atoms with Crippen LogP contribution < -0.4 is 22.1 Å². The average Bonchev–Trinajstić information content (AvgIpc) is 2.39. The van der Waals surface area contributed by atoms with Gasteiger partial charge in [0.1, 0.15) is 17.5 Å². The van der Waals surface area contributed by atoms with Crippen LogP contribution in [0.2, 0.25) is 0 Å². The molecule has 0 aliphatic rings. The van der Waals surface area contributed by atoms with Crippen molar-refractivity contribution in [2.24, 2.45) is 0 Å². The Morgan fingerprint density at radius 1 is 1.18 bits per heavy atom. The van der Waals surface area contributed by atoms with Gasteiger partial charge in [0.2, 0.25) is 0 Å². The molecule has 0 heterocycles. The van der Waals surface area contributed by atoms with E-state index in [2.05, 4.69) is 5.48 Å². The number of nitrogens with two attached hydrogens (primary N) is 1. The minimum atomic E-state index is -0.663. The Morgan fingerprint density at radius 3 is 2.41 bits per heavy atom. The molecule has 2 aromatic carbocycles. The molecule has 88 valence electrons. The highest BCUT2D eigenvalue weighted by molar-refractivity contribution is 5.70. The van der Waals surface area contributed by atoms with E-state index < -0.39 is 10.9 Å². The molecular formula is C12H12N2O3. The summed E-state index contributed by atoms with van der Waals surface area (Å²) in [5.41, 5.74) is 7.40. The number of hydrogen-bond acceptors (Lipinski definition) is 5. The number of nitrogens with one attached hydrogen (secondary N) is 1. The molecule has 0 bridgehead atoms. The van der Waals surface area contributed by atoms with Crippen molar-refractivity contribution >= 4 is 11.4 Å². The molecule has 0 amide bonds. The van der Waals surface area contributed by atoms with Crippen molar-refractivity contribution in [1.29, 1.82) is 0 Å². The molecule has 5 heteroatoms. The lowest BCUT2D eigenvalue weighted by Crippen LogP contribution is -2.37. The van der Waals surface area contributed by atoms with Gasteiger partial charge in [-0.3, -0.25) is 19.9 Å². The van der Waals surface area contributed by atoms with Crippen LogP contribution in [0, 0.1) is 0 Å². The number of anilines is 2. The summed E-state index contributed by atoms with van der Waals surface area (Å²) in [5.74, 6) is 0. The first-order valence-electron chi connectivity index (χ1n) is 5.16. The van der Waals surface area contributed by atoms with Crippen LogP contribution in [0.4, 0.5) is 11.4 Å². The van der Waals surface area contributed by atoms with Crippen molar-refractivity contribution in [3.63, 3.8) is 0 Å². The predicted octanol–water partition coefficient (Wildman–Crippen LogP) is 0.970. The third kappa shape index (κ3) is 2.05. The Morgan fingerprint density at radius 2 is 1.82 bits per heavy atom. The third-order valence-corrected chi connectivity index (χ3v) is 2.55. The second kappa shape index (κ2) is 4.39. The topological polar surface area (TPSA) is 81.4 Å². The highest BCUT2D eigenvalue weighted by Crippen LogP contribution is 2.18. The minimum Gasteiger partial charge on any atom is -0.394 e. The maximum absolute atomic E-state index is 11.1. The summed E-state index contributed by atoms with van der Waals surface area (Å²) in [7, 11) is 0. The highest BCUT2D eigenvalue weighted by Gasteiger charge is 2.18. The lowest BCUT2D eigenvalue weighted by atomic mass is 10.1. The highest BCUT2D eigenvalue weighted by atomic mass is 16.7. The molecular weight excluding hydrogens is 220 g/mol. The fourth-order valence-corrected chi connectivity index (χ4v) is 1.45. The van der Waals surface area contributed by atoms with Gasteiger partial charge >= 0.3 is 0 Å². The molecule has 5 nitrogen and oxygen atoms in total. The zero-order valence-electron chi connectivity index (χ0n) is 9.27. The monoisotopic (exact) mass is 232 g/mol. The van der Waals surface area contributed by atoms with E-state index in [9.17, 15) is 9.59 Å². The van der Waals surface area contributed by atoms with E-state index in [1.165, 1.54) is 0 Å². The molecule has 2 rings (SSSR count). The number of rotatable bonds is 4. The first kappa shape index (κ1) is 11.3. The molecule has 1 unspecified atom stereocenters. The molecule has 2 aromatic rings. The zero-order valence-corrected chi connectivity index (χ0v) is 9.27. The standard InChI is InChI=1S/C12H12N2O3/c1-7(8-5-3-2-4-6-8)17-14-10-9(13)11(15)12(10)16/h2-7,14H,13H2,1H3. The van der Waals surface area contributed by atoms with Crippen LogP contribution >= 0.6 is 0 Å². The maximum Gasteiger partial charge on any atom is 0.255 e. The first-order valence-corrected chi connectivity index (χ1v) is 5.16. The van der Waals surface area contributed by atoms with E-state index in [4.69, 9.17) is 10.6 Å². The normalized spacial score (nSPS) is 12.5. The van der Waals surface area contributed by atoms with Crippen molar-refractivity contribution in [2.75, 3.05) is 11.2 Å². The second-order valence-corrected chi connectivity index (χ2v) is 3.72. The van der Waals surface area contributed by atoms with Crippen LogP contribution in [0.3, 0.4) is 0 Å². The van der Waals surface area contributed by atoms with Gasteiger partial charge in [0.15, 0.2) is 0 Å². The van der Waals surface area contributed by atoms with Gasteiger partial charge in [0, 0.05) is 0 Å². The number of benzene rings is 1. The van der Waals surface area contributed by atoms with E-state index >= 15 is 0 Å². The van der Waals surface area contributed by atoms with Gasteiger partial charge in [-0.05, 0) is 12.5 Å². The molecule has 1 atom stereocenters. The van der Waals surface area contributed by atoms with E-state index in [1.807, 2.05) is 37.3 Å². The summed E-state index contributed by atoms with van der Waals surface area (Å²) in [4.78, 5) is 27.2. The molecule has 0 fully saturated rings. The molecule has 0 radical (unpaired) electrons. The quantitative estimate of drug-likeness (QED) is 0.606. The minimum absolute atomic E-state index is 0.0396. The maximum atomic E-state index is 11.1. The molecule has 0 saturated heterocycles. The van der Waals surface area contributed by atoms with Gasteiger partial charge in [-0.1, -0.05) is 30.3 Å². The van der Waals surface area contributed by atoms with Crippen molar-refractivity contribution in [1.82, 2.24) is 0 Å². The second-order valence-electron chi connectivity index (χ2n) is 3.72. The first-order chi connectivity index (χ1) is 8.11. The molecule has 0 spiro atoms. The molecule has 3 N–H and O–H groups in total. The zero-order chi connectivity index (χ0) is 12.4. The average molecular weight is 232 g/mol. The summed E-state index contributed by atoms with van der Waals surface area (Å²) >= 11 is 0. The SMILES string of the molecule is CC(ONc1c(N)c(=O)c1=O)c1ccccc1. The van der Waals surface area contributed by atoms with Crippen LogP contribution in [-0.4, -0.2) is 0 Å². The Labute approximate surface area is 97.5 Å². The fourth-order valence-electron chi connectivity index (χ4n) is 1.45. The van der Waals surface area contributed by atoms with Crippen molar-refractivity contribution in [3.8, 4) is 0 Å². The smallest absolute Gasteiger partial charge is 0.255 e. The summed E-state index contributed by atoms with van der Waals surface area (Å²) in [6, 6.07) is 9.48. The van der Waals surface area contributed by atoms with E-state index in [0.717, 1.165) is 5.56 Å². The number of hydrogen-bond donors (Lipinski definition) is 2. The van der Waals surface area contributed by atoms with Crippen molar-refractivity contribution in [3.05, 3.63) is 56.3 Å². The Hall–Kier alpha value is -2.14. The van der Waals surface area contributed by atoms with Crippen LogP contribution in [0.1, 0.15) is 18.6 Å².